The molecular formula is C13H13F2N3OS. The second-order valence-corrected chi connectivity index (χ2v) is 5.12. The van der Waals surface area contributed by atoms with Gasteiger partial charge in [-0.3, -0.25) is 5.32 Å². The number of halogens is 2. The van der Waals surface area contributed by atoms with Crippen LogP contribution in [0.4, 0.5) is 18.7 Å². The lowest BCUT2D eigenvalue weighted by Gasteiger charge is -2.25. The summed E-state index contributed by atoms with van der Waals surface area (Å²) in [5.41, 5.74) is 0.515. The van der Waals surface area contributed by atoms with Gasteiger partial charge in [-0.1, -0.05) is 6.07 Å². The highest BCUT2D eigenvalue weighted by Gasteiger charge is 2.19. The number of aromatic nitrogens is 1. The number of hydrogen-bond donors (Lipinski definition) is 1. The van der Waals surface area contributed by atoms with Crippen LogP contribution >= 0.6 is 11.3 Å². The number of thiazole rings is 1. The van der Waals surface area contributed by atoms with Crippen molar-refractivity contribution in [3.05, 3.63) is 47.0 Å². The molecule has 1 atom stereocenters. The Balaban J connectivity index is 2.09. The van der Waals surface area contributed by atoms with Gasteiger partial charge in [0.1, 0.15) is 0 Å². The maximum absolute atomic E-state index is 13.2. The van der Waals surface area contributed by atoms with E-state index in [0.717, 1.165) is 12.1 Å². The van der Waals surface area contributed by atoms with Crippen molar-refractivity contribution in [1.82, 2.24) is 9.88 Å². The summed E-state index contributed by atoms with van der Waals surface area (Å²) in [5.74, 6) is -1.83. The van der Waals surface area contributed by atoms with E-state index in [9.17, 15) is 13.6 Å². The zero-order valence-corrected chi connectivity index (χ0v) is 11.7. The van der Waals surface area contributed by atoms with Crippen LogP contribution in [0.3, 0.4) is 0 Å². The lowest BCUT2D eigenvalue weighted by Crippen LogP contribution is -2.33. The minimum Gasteiger partial charge on any atom is -0.321 e. The minimum atomic E-state index is -0.928. The summed E-state index contributed by atoms with van der Waals surface area (Å²) in [7, 11) is 1.58. The second-order valence-electron chi connectivity index (χ2n) is 4.23. The Kier molecular flexibility index (Phi) is 4.29. The Hall–Kier alpha value is -2.02. The molecule has 4 nitrogen and oxygen atoms in total. The summed E-state index contributed by atoms with van der Waals surface area (Å²) in [4.78, 5) is 17.3. The van der Waals surface area contributed by atoms with Crippen LogP contribution in [0, 0.1) is 11.6 Å². The van der Waals surface area contributed by atoms with Crippen LogP contribution in [0.5, 0.6) is 0 Å². The van der Waals surface area contributed by atoms with Gasteiger partial charge in [0.15, 0.2) is 16.8 Å². The Morgan fingerprint density at radius 3 is 2.75 bits per heavy atom. The van der Waals surface area contributed by atoms with Crippen LogP contribution < -0.4 is 5.32 Å². The molecule has 2 aromatic rings. The molecule has 0 radical (unpaired) electrons. The second kappa shape index (κ2) is 5.96. The highest BCUT2D eigenvalue weighted by atomic mass is 32.1. The number of amides is 2. The van der Waals surface area contributed by atoms with Crippen LogP contribution in [0.25, 0.3) is 0 Å². The van der Waals surface area contributed by atoms with Crippen LogP contribution in [0.15, 0.2) is 29.8 Å². The fraction of sp³-hybridized carbons (Fsp3) is 0.231. The van der Waals surface area contributed by atoms with E-state index in [0.29, 0.717) is 10.7 Å². The number of rotatable bonds is 3. The van der Waals surface area contributed by atoms with Gasteiger partial charge in [-0.2, -0.15) is 0 Å². The average Bonchev–Trinajstić information content (AvgIpc) is 2.93. The third-order valence-electron chi connectivity index (χ3n) is 2.97. The van der Waals surface area contributed by atoms with Gasteiger partial charge in [0.05, 0.1) is 6.04 Å². The van der Waals surface area contributed by atoms with Crippen molar-refractivity contribution < 1.29 is 13.6 Å². The number of nitrogens with one attached hydrogen (secondary N) is 1. The average molecular weight is 297 g/mol. The molecule has 0 aliphatic carbocycles. The number of benzene rings is 1. The van der Waals surface area contributed by atoms with E-state index in [4.69, 9.17) is 0 Å². The number of urea groups is 1. The quantitative estimate of drug-likeness (QED) is 0.940. The van der Waals surface area contributed by atoms with Crippen molar-refractivity contribution in [3.63, 3.8) is 0 Å². The van der Waals surface area contributed by atoms with Gasteiger partial charge in [-0.15, -0.1) is 11.3 Å². The zero-order valence-electron chi connectivity index (χ0n) is 10.9. The van der Waals surface area contributed by atoms with E-state index >= 15 is 0 Å². The highest BCUT2D eigenvalue weighted by molar-refractivity contribution is 7.13. The van der Waals surface area contributed by atoms with Crippen LogP contribution in [-0.4, -0.2) is 23.0 Å². The summed E-state index contributed by atoms with van der Waals surface area (Å²) in [6.45, 7) is 1.73. The molecule has 0 spiro atoms. The monoisotopic (exact) mass is 297 g/mol. The Morgan fingerprint density at radius 2 is 2.15 bits per heavy atom. The number of carbonyl (C=O) groups is 1. The number of hydrogen-bond acceptors (Lipinski definition) is 3. The van der Waals surface area contributed by atoms with Crippen molar-refractivity contribution in [2.24, 2.45) is 0 Å². The molecule has 1 unspecified atom stereocenters. The fourth-order valence-electron chi connectivity index (χ4n) is 1.64. The van der Waals surface area contributed by atoms with Gasteiger partial charge >= 0.3 is 6.03 Å². The summed E-state index contributed by atoms with van der Waals surface area (Å²) < 4.78 is 26.1. The summed E-state index contributed by atoms with van der Waals surface area (Å²) in [6, 6.07) is 2.83. The molecule has 1 aromatic heterocycles. The van der Waals surface area contributed by atoms with Crippen molar-refractivity contribution in [2.45, 2.75) is 13.0 Å². The van der Waals surface area contributed by atoms with Gasteiger partial charge in [0.25, 0.3) is 0 Å². The molecule has 0 aliphatic rings. The van der Waals surface area contributed by atoms with Gasteiger partial charge in [0, 0.05) is 18.6 Å². The lowest BCUT2D eigenvalue weighted by molar-refractivity contribution is 0.208. The molecule has 0 fully saturated rings. The normalized spacial score (nSPS) is 12.0. The molecule has 7 heteroatoms. The van der Waals surface area contributed by atoms with Gasteiger partial charge in [0.2, 0.25) is 0 Å². The first kappa shape index (κ1) is 14.4. The molecule has 1 heterocycles. The molecule has 1 N–H and O–H groups in total. The summed E-state index contributed by atoms with van der Waals surface area (Å²) in [6.07, 6.45) is 1.58. The first-order valence-corrected chi connectivity index (χ1v) is 6.75. The molecule has 0 saturated heterocycles. The molecule has 106 valence electrons. The van der Waals surface area contributed by atoms with Crippen molar-refractivity contribution in [3.8, 4) is 0 Å². The topological polar surface area (TPSA) is 45.2 Å². The zero-order chi connectivity index (χ0) is 14.7. The number of nitrogens with zero attached hydrogens (tertiary/aromatic N) is 2. The van der Waals surface area contributed by atoms with E-state index in [2.05, 4.69) is 10.3 Å². The van der Waals surface area contributed by atoms with Crippen LogP contribution in [0.1, 0.15) is 18.5 Å². The standard InChI is InChI=1S/C13H13F2N3OS/c1-8(9-3-4-10(14)11(15)7-9)18(2)13(19)17-12-16-5-6-20-12/h3-8H,1-2H3,(H,16,17,19). The van der Waals surface area contributed by atoms with E-state index in [1.165, 1.54) is 22.3 Å². The van der Waals surface area contributed by atoms with Gasteiger partial charge in [-0.25, -0.2) is 18.6 Å². The molecule has 2 amide bonds. The Morgan fingerprint density at radius 1 is 1.40 bits per heavy atom. The largest absolute Gasteiger partial charge is 0.323 e. The van der Waals surface area contributed by atoms with Crippen LogP contribution in [-0.2, 0) is 0 Å². The molecule has 20 heavy (non-hydrogen) atoms. The maximum Gasteiger partial charge on any atom is 0.323 e. The molecule has 0 aliphatic heterocycles. The lowest BCUT2D eigenvalue weighted by atomic mass is 10.1. The van der Waals surface area contributed by atoms with E-state index in [-0.39, 0.29) is 6.03 Å². The molecule has 0 saturated carbocycles. The number of anilines is 1. The minimum absolute atomic E-state index is 0.364. The molecular weight excluding hydrogens is 284 g/mol. The van der Waals surface area contributed by atoms with E-state index < -0.39 is 17.7 Å². The smallest absolute Gasteiger partial charge is 0.321 e. The first-order chi connectivity index (χ1) is 9.49. The number of carbonyl (C=O) groups excluding carboxylic acids is 1. The van der Waals surface area contributed by atoms with Gasteiger partial charge < -0.3 is 4.90 Å². The molecule has 2 rings (SSSR count). The van der Waals surface area contributed by atoms with E-state index in [1.807, 2.05) is 0 Å². The van der Waals surface area contributed by atoms with Crippen molar-refractivity contribution >= 4 is 22.5 Å². The van der Waals surface area contributed by atoms with Crippen molar-refractivity contribution in [2.75, 3.05) is 12.4 Å². The van der Waals surface area contributed by atoms with Crippen LogP contribution in [0.2, 0.25) is 0 Å². The third-order valence-corrected chi connectivity index (χ3v) is 3.66. The van der Waals surface area contributed by atoms with E-state index in [1.54, 1.807) is 25.5 Å². The summed E-state index contributed by atoms with van der Waals surface area (Å²) in [5, 5.41) is 4.85. The molecule has 1 aromatic carbocycles. The molecule has 0 bridgehead atoms. The van der Waals surface area contributed by atoms with Gasteiger partial charge in [-0.05, 0) is 24.6 Å². The Bertz CT molecular complexity index is 604. The first-order valence-electron chi connectivity index (χ1n) is 5.87. The summed E-state index contributed by atoms with van der Waals surface area (Å²) >= 11 is 1.30. The predicted molar refractivity (Wildman–Crippen MR) is 73.7 cm³/mol. The fourth-order valence-corrected chi connectivity index (χ4v) is 2.16. The Labute approximate surface area is 119 Å². The SMILES string of the molecule is CC(c1ccc(F)c(F)c1)N(C)C(=O)Nc1nccs1. The third kappa shape index (κ3) is 3.11. The highest BCUT2D eigenvalue weighted by Crippen LogP contribution is 2.22. The maximum atomic E-state index is 13.2. The van der Waals surface area contributed by atoms with Crippen molar-refractivity contribution in [1.29, 1.82) is 0 Å². The predicted octanol–water partition coefficient (Wildman–Crippen LogP) is 3.65.